The Hall–Kier alpha value is -3.65. The van der Waals surface area contributed by atoms with E-state index in [1.165, 1.54) is 6.07 Å². The van der Waals surface area contributed by atoms with Gasteiger partial charge in [-0.25, -0.2) is 4.39 Å². The van der Waals surface area contributed by atoms with E-state index in [-0.39, 0.29) is 18.3 Å². The lowest BCUT2D eigenvalue weighted by Gasteiger charge is -2.37. The number of methoxy groups -OCH3 is 1. The Morgan fingerprint density at radius 2 is 1.75 bits per heavy atom. The molecule has 8 heteroatoms. The molecule has 1 N–H and O–H groups in total. The van der Waals surface area contributed by atoms with Gasteiger partial charge in [0.15, 0.2) is 18.1 Å². The molecule has 6 nitrogen and oxygen atoms in total. The van der Waals surface area contributed by atoms with Crippen LogP contribution in [0.25, 0.3) is 0 Å². The number of anilines is 2. The topological polar surface area (TPSA) is 54.0 Å². The van der Waals surface area contributed by atoms with E-state index in [0.717, 1.165) is 22.4 Å². The maximum absolute atomic E-state index is 14.1. The van der Waals surface area contributed by atoms with E-state index in [2.05, 4.69) is 10.2 Å². The SMILES string of the molecule is COc1cc(C(=S)N2CCN(c3ccccc3F)CC2)ccc1OCC(=O)Nc1ccc(C)cc1C. The number of thiocarbonyl (C=S) groups is 1. The number of halogens is 1. The Labute approximate surface area is 216 Å². The van der Waals surface area contributed by atoms with Crippen molar-refractivity contribution in [3.8, 4) is 11.5 Å². The van der Waals surface area contributed by atoms with Crippen LogP contribution in [0.4, 0.5) is 15.8 Å². The monoisotopic (exact) mass is 507 g/mol. The van der Waals surface area contributed by atoms with E-state index in [0.29, 0.717) is 48.4 Å². The van der Waals surface area contributed by atoms with Crippen molar-refractivity contribution in [3.63, 3.8) is 0 Å². The van der Waals surface area contributed by atoms with E-state index >= 15 is 0 Å². The fourth-order valence-electron chi connectivity index (χ4n) is 4.24. The Morgan fingerprint density at radius 1 is 1.00 bits per heavy atom. The minimum atomic E-state index is -0.253. The molecule has 3 aromatic carbocycles. The van der Waals surface area contributed by atoms with Gasteiger partial charge in [0.05, 0.1) is 12.8 Å². The molecule has 0 aromatic heterocycles. The molecule has 3 aromatic rings. The number of hydrogen-bond acceptors (Lipinski definition) is 5. The standard InChI is InChI=1S/C28H30FN3O3S/c1-19-8-10-23(20(2)16-19)30-27(33)18-35-25-11-9-21(17-26(25)34-3)28(36)32-14-12-31(13-15-32)24-7-5-4-6-22(24)29/h4-11,16-17H,12-15,18H2,1-3H3,(H,30,33). The molecule has 0 saturated carbocycles. The van der Waals surface area contributed by atoms with Gasteiger partial charge >= 0.3 is 0 Å². The van der Waals surface area contributed by atoms with Crippen LogP contribution in [0.2, 0.25) is 0 Å². The second-order valence-corrected chi connectivity index (χ2v) is 9.14. The molecule has 1 aliphatic rings. The number of nitrogens with zero attached hydrogens (tertiary/aromatic N) is 2. The molecule has 0 radical (unpaired) electrons. The number of rotatable bonds is 7. The van der Waals surface area contributed by atoms with Gasteiger partial charge in [0, 0.05) is 37.4 Å². The minimum absolute atomic E-state index is 0.147. The van der Waals surface area contributed by atoms with Crippen LogP contribution in [0.15, 0.2) is 60.7 Å². The molecule has 0 atom stereocenters. The van der Waals surface area contributed by atoms with E-state index in [1.807, 2.05) is 55.1 Å². The van der Waals surface area contributed by atoms with Crippen LogP contribution in [0, 0.1) is 19.7 Å². The van der Waals surface area contributed by atoms with E-state index in [4.69, 9.17) is 21.7 Å². The highest BCUT2D eigenvalue weighted by molar-refractivity contribution is 7.80. The van der Waals surface area contributed by atoms with Crippen molar-refractivity contribution in [2.45, 2.75) is 13.8 Å². The maximum atomic E-state index is 14.1. The van der Waals surface area contributed by atoms with Crippen molar-refractivity contribution in [2.75, 3.05) is 50.1 Å². The molecule has 0 bridgehead atoms. The molecular weight excluding hydrogens is 477 g/mol. The summed E-state index contributed by atoms with van der Waals surface area (Å²) in [6.45, 7) is 6.54. The Kier molecular flexibility index (Phi) is 8.05. The Bertz CT molecular complexity index is 1260. The van der Waals surface area contributed by atoms with Gasteiger partial charge in [-0.3, -0.25) is 4.79 Å². The van der Waals surface area contributed by atoms with Gasteiger partial charge in [0.2, 0.25) is 0 Å². The summed E-state index contributed by atoms with van der Waals surface area (Å²) in [6, 6.07) is 18.1. The summed E-state index contributed by atoms with van der Waals surface area (Å²) < 4.78 is 25.4. The summed E-state index contributed by atoms with van der Waals surface area (Å²) >= 11 is 5.75. The number of piperazine rings is 1. The van der Waals surface area contributed by atoms with Crippen LogP contribution >= 0.6 is 12.2 Å². The third-order valence-corrected chi connectivity index (χ3v) is 6.68. The zero-order valence-electron chi connectivity index (χ0n) is 20.7. The number of ether oxygens (including phenoxy) is 2. The fourth-order valence-corrected chi connectivity index (χ4v) is 4.55. The second-order valence-electron chi connectivity index (χ2n) is 8.75. The molecular formula is C28H30FN3O3S. The number of aryl methyl sites for hydroxylation is 2. The quantitative estimate of drug-likeness (QED) is 0.456. The molecule has 1 saturated heterocycles. The van der Waals surface area contributed by atoms with Gasteiger partial charge in [-0.2, -0.15) is 0 Å². The number of benzene rings is 3. The first kappa shape index (κ1) is 25.4. The minimum Gasteiger partial charge on any atom is -0.493 e. The van der Waals surface area contributed by atoms with Crippen molar-refractivity contribution in [3.05, 3.63) is 83.2 Å². The molecule has 1 aliphatic heterocycles. The summed E-state index contributed by atoms with van der Waals surface area (Å²) in [5, 5.41) is 2.88. The highest BCUT2D eigenvalue weighted by atomic mass is 32.1. The first-order valence-electron chi connectivity index (χ1n) is 11.8. The molecule has 0 spiro atoms. The van der Waals surface area contributed by atoms with Crippen molar-refractivity contribution in [2.24, 2.45) is 0 Å². The molecule has 4 rings (SSSR count). The lowest BCUT2D eigenvalue weighted by Crippen LogP contribution is -2.48. The van der Waals surface area contributed by atoms with Crippen LogP contribution in [0.5, 0.6) is 11.5 Å². The summed E-state index contributed by atoms with van der Waals surface area (Å²) in [6.07, 6.45) is 0. The zero-order valence-corrected chi connectivity index (χ0v) is 21.5. The summed E-state index contributed by atoms with van der Waals surface area (Å²) in [4.78, 5) is 17.3. The van der Waals surface area contributed by atoms with Gasteiger partial charge in [0.1, 0.15) is 10.8 Å². The van der Waals surface area contributed by atoms with Crippen molar-refractivity contribution in [1.82, 2.24) is 4.90 Å². The van der Waals surface area contributed by atoms with Crippen LogP contribution in [-0.2, 0) is 4.79 Å². The first-order valence-corrected chi connectivity index (χ1v) is 12.2. The summed E-state index contributed by atoms with van der Waals surface area (Å²) in [7, 11) is 1.55. The average molecular weight is 508 g/mol. The summed E-state index contributed by atoms with van der Waals surface area (Å²) in [5.74, 6) is 0.497. The smallest absolute Gasteiger partial charge is 0.262 e. The van der Waals surface area contributed by atoms with Crippen molar-refractivity contribution in [1.29, 1.82) is 0 Å². The molecule has 0 aliphatic carbocycles. The number of hydrogen-bond donors (Lipinski definition) is 1. The van der Waals surface area contributed by atoms with Crippen molar-refractivity contribution < 1.29 is 18.7 Å². The van der Waals surface area contributed by atoms with Crippen LogP contribution in [0.1, 0.15) is 16.7 Å². The molecule has 188 valence electrons. The largest absolute Gasteiger partial charge is 0.493 e. The van der Waals surface area contributed by atoms with Gasteiger partial charge in [-0.05, 0) is 55.8 Å². The van der Waals surface area contributed by atoms with Crippen LogP contribution < -0.4 is 19.7 Å². The van der Waals surface area contributed by atoms with Crippen molar-refractivity contribution >= 4 is 34.5 Å². The van der Waals surface area contributed by atoms with Gasteiger partial charge in [-0.1, -0.05) is 42.0 Å². The van der Waals surface area contributed by atoms with Gasteiger partial charge in [0.25, 0.3) is 5.91 Å². The molecule has 1 amide bonds. The normalized spacial score (nSPS) is 13.3. The third kappa shape index (κ3) is 5.94. The fraction of sp³-hybridized carbons (Fsp3) is 0.286. The second kappa shape index (κ2) is 11.4. The zero-order chi connectivity index (χ0) is 25.7. The van der Waals surface area contributed by atoms with E-state index in [9.17, 15) is 9.18 Å². The number of para-hydroxylation sites is 1. The lowest BCUT2D eigenvalue weighted by molar-refractivity contribution is -0.118. The van der Waals surface area contributed by atoms with Gasteiger partial charge in [-0.15, -0.1) is 0 Å². The Balaban J connectivity index is 1.35. The first-order chi connectivity index (χ1) is 17.4. The molecule has 36 heavy (non-hydrogen) atoms. The average Bonchev–Trinajstić information content (AvgIpc) is 2.89. The molecule has 0 unspecified atom stereocenters. The maximum Gasteiger partial charge on any atom is 0.262 e. The highest BCUT2D eigenvalue weighted by Crippen LogP contribution is 2.29. The lowest BCUT2D eigenvalue weighted by atomic mass is 10.1. The predicted octanol–water partition coefficient (Wildman–Crippen LogP) is 4.97. The van der Waals surface area contributed by atoms with Gasteiger partial charge < -0.3 is 24.6 Å². The number of carbonyl (C=O) groups is 1. The Morgan fingerprint density at radius 3 is 2.44 bits per heavy atom. The predicted molar refractivity (Wildman–Crippen MR) is 145 cm³/mol. The third-order valence-electron chi connectivity index (χ3n) is 6.19. The van der Waals surface area contributed by atoms with E-state index in [1.54, 1.807) is 25.3 Å². The van der Waals surface area contributed by atoms with Crippen LogP contribution in [-0.4, -0.2) is 55.7 Å². The molecule has 1 fully saturated rings. The number of amides is 1. The number of carbonyl (C=O) groups excluding carboxylic acids is 1. The highest BCUT2D eigenvalue weighted by Gasteiger charge is 2.22. The summed E-state index contributed by atoms with van der Waals surface area (Å²) in [5.41, 5.74) is 4.34. The van der Waals surface area contributed by atoms with Crippen LogP contribution in [0.3, 0.4) is 0 Å². The van der Waals surface area contributed by atoms with E-state index < -0.39 is 0 Å². The number of nitrogens with one attached hydrogen (secondary N) is 1. The molecule has 1 heterocycles.